The van der Waals surface area contributed by atoms with Crippen molar-refractivity contribution in [2.24, 2.45) is 7.05 Å². The second kappa shape index (κ2) is 3.89. The number of nitrogens with zero attached hydrogens (tertiary/aromatic N) is 2. The van der Waals surface area contributed by atoms with E-state index in [1.165, 1.54) is 0 Å². The van der Waals surface area contributed by atoms with E-state index in [1.54, 1.807) is 4.68 Å². The summed E-state index contributed by atoms with van der Waals surface area (Å²) in [5, 5.41) is 7.57. The van der Waals surface area contributed by atoms with Crippen molar-refractivity contribution in [3.8, 4) is 0 Å². The molecule has 4 heteroatoms. The van der Waals surface area contributed by atoms with Gasteiger partial charge in [0.05, 0.1) is 11.4 Å². The third-order valence-electron chi connectivity index (χ3n) is 2.57. The molecule has 0 spiro atoms. The number of aromatic nitrogens is 2. The van der Waals surface area contributed by atoms with Gasteiger partial charge in [0.1, 0.15) is 0 Å². The zero-order chi connectivity index (χ0) is 11.7. The second-order valence-electron chi connectivity index (χ2n) is 4.00. The molecule has 4 nitrogen and oxygen atoms in total. The summed E-state index contributed by atoms with van der Waals surface area (Å²) >= 11 is 0. The van der Waals surface area contributed by atoms with Crippen LogP contribution in [0, 0.1) is 13.8 Å². The maximum atomic E-state index is 5.86. The normalized spacial score (nSPS) is 10.4. The summed E-state index contributed by atoms with van der Waals surface area (Å²) in [6.07, 6.45) is 1.95. The third-order valence-corrected chi connectivity index (χ3v) is 2.57. The molecule has 0 unspecified atom stereocenters. The highest BCUT2D eigenvalue weighted by Crippen LogP contribution is 2.22. The largest absolute Gasteiger partial charge is 0.398 e. The lowest BCUT2D eigenvalue weighted by Crippen LogP contribution is -1.94. The number of nitrogens with one attached hydrogen (secondary N) is 1. The summed E-state index contributed by atoms with van der Waals surface area (Å²) in [7, 11) is 1.90. The minimum Gasteiger partial charge on any atom is -0.398 e. The molecule has 1 aromatic carbocycles. The van der Waals surface area contributed by atoms with Crippen LogP contribution in [-0.4, -0.2) is 9.78 Å². The van der Waals surface area contributed by atoms with E-state index < -0.39 is 0 Å². The van der Waals surface area contributed by atoms with Gasteiger partial charge in [-0.3, -0.25) is 4.68 Å². The quantitative estimate of drug-likeness (QED) is 0.758. The molecule has 0 atom stereocenters. The number of anilines is 3. The van der Waals surface area contributed by atoms with Gasteiger partial charge in [-0.25, -0.2) is 0 Å². The van der Waals surface area contributed by atoms with Crippen LogP contribution in [0.5, 0.6) is 0 Å². The molecule has 2 rings (SSSR count). The highest BCUT2D eigenvalue weighted by atomic mass is 15.3. The van der Waals surface area contributed by atoms with Crippen molar-refractivity contribution >= 4 is 17.1 Å². The van der Waals surface area contributed by atoms with Crippen LogP contribution in [-0.2, 0) is 7.05 Å². The first-order valence-corrected chi connectivity index (χ1v) is 5.19. The molecule has 1 heterocycles. The van der Waals surface area contributed by atoms with E-state index >= 15 is 0 Å². The van der Waals surface area contributed by atoms with E-state index in [0.29, 0.717) is 0 Å². The number of nitrogen functional groups attached to an aromatic ring is 1. The Kier molecular flexibility index (Phi) is 2.56. The number of aryl methyl sites for hydroxylation is 3. The summed E-state index contributed by atoms with van der Waals surface area (Å²) in [4.78, 5) is 0. The second-order valence-corrected chi connectivity index (χ2v) is 4.00. The number of benzene rings is 1. The molecule has 16 heavy (non-hydrogen) atoms. The van der Waals surface area contributed by atoms with Crippen LogP contribution in [0.4, 0.5) is 17.1 Å². The molecular weight excluding hydrogens is 200 g/mol. The van der Waals surface area contributed by atoms with Crippen LogP contribution in [0.3, 0.4) is 0 Å². The fraction of sp³-hybridized carbons (Fsp3) is 0.250. The third kappa shape index (κ3) is 2.00. The standard InChI is InChI=1S/C12H16N4/c1-8-4-5-10(6-11(8)13)14-12-7-16(3)15-9(12)2/h4-7,14H,13H2,1-3H3. The van der Waals surface area contributed by atoms with Gasteiger partial charge in [-0.1, -0.05) is 6.07 Å². The molecule has 0 fully saturated rings. The predicted molar refractivity (Wildman–Crippen MR) is 66.8 cm³/mol. The van der Waals surface area contributed by atoms with Crippen LogP contribution >= 0.6 is 0 Å². The van der Waals surface area contributed by atoms with Gasteiger partial charge in [-0.2, -0.15) is 5.10 Å². The molecule has 2 aromatic rings. The number of rotatable bonds is 2. The molecule has 1 aromatic heterocycles. The Hall–Kier alpha value is -1.97. The smallest absolute Gasteiger partial charge is 0.0828 e. The Bertz CT molecular complexity index is 514. The fourth-order valence-corrected chi connectivity index (χ4v) is 1.60. The first-order valence-electron chi connectivity index (χ1n) is 5.19. The van der Waals surface area contributed by atoms with E-state index in [4.69, 9.17) is 5.73 Å². The summed E-state index contributed by atoms with van der Waals surface area (Å²) in [6, 6.07) is 5.95. The Morgan fingerprint density at radius 2 is 2.06 bits per heavy atom. The lowest BCUT2D eigenvalue weighted by Gasteiger charge is -2.07. The Labute approximate surface area is 95.1 Å². The van der Waals surface area contributed by atoms with Crippen molar-refractivity contribution < 1.29 is 0 Å². The zero-order valence-electron chi connectivity index (χ0n) is 9.78. The van der Waals surface area contributed by atoms with E-state index in [1.807, 2.05) is 45.3 Å². The maximum absolute atomic E-state index is 5.86. The van der Waals surface area contributed by atoms with Gasteiger partial charge in [-0.05, 0) is 31.5 Å². The molecule has 84 valence electrons. The molecule has 0 saturated heterocycles. The van der Waals surface area contributed by atoms with Crippen molar-refractivity contribution in [1.82, 2.24) is 9.78 Å². The highest BCUT2D eigenvalue weighted by Gasteiger charge is 2.03. The van der Waals surface area contributed by atoms with Gasteiger partial charge in [0.2, 0.25) is 0 Å². The SMILES string of the molecule is Cc1ccc(Nc2cn(C)nc2C)cc1N. The van der Waals surface area contributed by atoms with Gasteiger partial charge >= 0.3 is 0 Å². The minimum absolute atomic E-state index is 0.798. The summed E-state index contributed by atoms with van der Waals surface area (Å²) in [6.45, 7) is 3.97. The summed E-state index contributed by atoms with van der Waals surface area (Å²) < 4.78 is 1.79. The van der Waals surface area contributed by atoms with Crippen molar-refractivity contribution in [3.05, 3.63) is 35.7 Å². The lowest BCUT2D eigenvalue weighted by molar-refractivity contribution is 0.756. The van der Waals surface area contributed by atoms with Crippen LogP contribution in [0.2, 0.25) is 0 Å². The van der Waals surface area contributed by atoms with Crippen LogP contribution < -0.4 is 11.1 Å². The van der Waals surface area contributed by atoms with Crippen LogP contribution in [0.25, 0.3) is 0 Å². The van der Waals surface area contributed by atoms with Crippen LogP contribution in [0.15, 0.2) is 24.4 Å². The van der Waals surface area contributed by atoms with Crippen molar-refractivity contribution in [2.75, 3.05) is 11.1 Å². The topological polar surface area (TPSA) is 55.9 Å². The van der Waals surface area contributed by atoms with Crippen LogP contribution in [0.1, 0.15) is 11.3 Å². The summed E-state index contributed by atoms with van der Waals surface area (Å²) in [5.41, 5.74) is 10.7. The highest BCUT2D eigenvalue weighted by molar-refractivity contribution is 5.66. The molecule has 0 radical (unpaired) electrons. The van der Waals surface area contributed by atoms with Gasteiger partial charge in [0.25, 0.3) is 0 Å². The van der Waals surface area contributed by atoms with Crippen molar-refractivity contribution in [3.63, 3.8) is 0 Å². The first kappa shape index (κ1) is 10.5. The molecule has 0 aliphatic carbocycles. The molecule has 0 aliphatic rings. The van der Waals surface area contributed by atoms with E-state index in [9.17, 15) is 0 Å². The van der Waals surface area contributed by atoms with Gasteiger partial charge < -0.3 is 11.1 Å². The fourth-order valence-electron chi connectivity index (χ4n) is 1.60. The molecule has 0 aliphatic heterocycles. The van der Waals surface area contributed by atoms with E-state index in [0.717, 1.165) is 28.3 Å². The summed E-state index contributed by atoms with van der Waals surface area (Å²) in [5.74, 6) is 0. The van der Waals surface area contributed by atoms with Crippen molar-refractivity contribution in [2.45, 2.75) is 13.8 Å². The molecule has 0 saturated carbocycles. The molecule has 3 N–H and O–H groups in total. The molecular formula is C12H16N4. The number of nitrogens with two attached hydrogens (primary N) is 1. The van der Waals surface area contributed by atoms with Crippen molar-refractivity contribution in [1.29, 1.82) is 0 Å². The predicted octanol–water partition coefficient (Wildman–Crippen LogP) is 2.36. The lowest BCUT2D eigenvalue weighted by atomic mass is 10.2. The first-order chi connectivity index (χ1) is 7.56. The Balaban J connectivity index is 2.27. The average molecular weight is 216 g/mol. The van der Waals surface area contributed by atoms with Gasteiger partial charge in [-0.15, -0.1) is 0 Å². The maximum Gasteiger partial charge on any atom is 0.0828 e. The Morgan fingerprint density at radius 3 is 2.62 bits per heavy atom. The van der Waals surface area contributed by atoms with E-state index in [-0.39, 0.29) is 0 Å². The molecule has 0 bridgehead atoms. The van der Waals surface area contributed by atoms with Gasteiger partial charge in [0.15, 0.2) is 0 Å². The molecule has 0 amide bonds. The van der Waals surface area contributed by atoms with Gasteiger partial charge in [0, 0.05) is 24.6 Å². The monoisotopic (exact) mass is 216 g/mol. The number of hydrogen-bond acceptors (Lipinski definition) is 3. The average Bonchev–Trinajstić information content (AvgIpc) is 2.51. The Morgan fingerprint density at radius 1 is 1.31 bits per heavy atom. The minimum atomic E-state index is 0.798. The zero-order valence-corrected chi connectivity index (χ0v) is 9.78. The number of hydrogen-bond donors (Lipinski definition) is 2. The van der Waals surface area contributed by atoms with E-state index in [2.05, 4.69) is 10.4 Å².